The van der Waals surface area contributed by atoms with Gasteiger partial charge in [0, 0.05) is 55.7 Å². The first kappa shape index (κ1) is 70.6. The van der Waals surface area contributed by atoms with Gasteiger partial charge in [0.05, 0.1) is 45.0 Å². The Morgan fingerprint density at radius 3 is 0.795 bits per heavy atom. The third-order valence-electron chi connectivity index (χ3n) is 26.0. The summed E-state index contributed by atoms with van der Waals surface area (Å²) in [6.07, 6.45) is 0. The van der Waals surface area contributed by atoms with Crippen molar-refractivity contribution in [3.63, 3.8) is 0 Å². The van der Waals surface area contributed by atoms with Crippen LogP contribution < -0.4 is 19.6 Å². The molecule has 0 amide bonds. The average Bonchev–Trinajstić information content (AvgIpc) is 1.50. The molecule has 4 aliphatic carbocycles. The van der Waals surface area contributed by atoms with E-state index in [4.69, 9.17) is 0 Å². The van der Waals surface area contributed by atoms with Crippen molar-refractivity contribution >= 4 is 111 Å². The van der Waals surface area contributed by atoms with Gasteiger partial charge >= 0.3 is 0 Å². The third-order valence-corrected chi connectivity index (χ3v) is 26.0. The Hall–Kier alpha value is -15.6. The molecule has 24 rings (SSSR count). The Bertz CT molecular complexity index is 7660. The summed E-state index contributed by atoms with van der Waals surface area (Å²) in [4.78, 5) is 8.57. The van der Waals surface area contributed by atoms with Gasteiger partial charge in [0.2, 0.25) is 0 Å². The molecule has 0 saturated heterocycles. The number of fused-ring (bicyclic) bond motifs is 28. The lowest BCUT2D eigenvalue weighted by Gasteiger charge is -2.34. The van der Waals surface area contributed by atoms with Crippen LogP contribution in [-0.4, -0.2) is 0 Å². The first-order chi connectivity index (χ1) is 60.2. The van der Waals surface area contributed by atoms with Crippen LogP contribution in [0.3, 0.4) is 0 Å². The molecule has 0 N–H and O–H groups in total. The van der Waals surface area contributed by atoms with Gasteiger partial charge in [-0.15, -0.1) is 0 Å². The van der Waals surface area contributed by atoms with E-state index in [-0.39, 0.29) is 17.5 Å². The van der Waals surface area contributed by atoms with E-state index in [0.29, 0.717) is 22.7 Å². The van der Waals surface area contributed by atoms with Gasteiger partial charge in [-0.25, -0.2) is 17.6 Å². The Morgan fingerprint density at radius 2 is 0.434 bits per heavy atom. The minimum atomic E-state index is -0.959. The minimum Gasteiger partial charge on any atom is -0.310 e. The largest absolute Gasteiger partial charge is 0.310 e. The highest BCUT2D eigenvalue weighted by molar-refractivity contribution is 6.22. The number of rotatable bonds is 13. The Morgan fingerprint density at radius 1 is 0.164 bits per heavy atom. The van der Waals surface area contributed by atoms with Crippen LogP contribution in [-0.2, 0) is 10.8 Å². The van der Waals surface area contributed by atoms with Gasteiger partial charge in [0.15, 0.2) is 0 Å². The van der Waals surface area contributed by atoms with Crippen LogP contribution >= 0.6 is 0 Å². The predicted molar refractivity (Wildman–Crippen MR) is 493 cm³/mol. The molecule has 122 heavy (non-hydrogen) atoms. The molecule has 0 heterocycles. The molecule has 8 heteroatoms. The summed E-state index contributed by atoms with van der Waals surface area (Å²) in [5.74, 6) is -1.46. The number of hydrogen-bond acceptors (Lipinski definition) is 4. The molecule has 0 aromatic heterocycles. The molecule has 4 aliphatic rings. The zero-order valence-corrected chi connectivity index (χ0v) is 65.7. The van der Waals surface area contributed by atoms with E-state index >= 15 is 17.6 Å². The summed E-state index contributed by atoms with van der Waals surface area (Å²) in [5.41, 5.74) is 26.2. The SMILES string of the molecule is Fc1cccc(N(c2ccccc2)c2cc3c(c4ccccc24)-c2c(cc(N(c4ccc(-c5cccc(N(c6ccccc6F)c6cc7c(c8ccccc68)-c6c(cc(N(c8ccccc8)c8ccccc8F)c8ccccc68)C76c7ccccc7-c7ccccc76)c5)cc4)c4cccc(F)c4)c4ccccc24)C32c3ccccc3-c3ccccc32)c1. The molecule has 0 saturated carbocycles. The van der Waals surface area contributed by atoms with Crippen LogP contribution in [0.2, 0.25) is 0 Å². The predicted octanol–water partition coefficient (Wildman–Crippen LogP) is 31.1. The number of nitrogens with zero attached hydrogens (tertiary/aromatic N) is 4. The molecular weight excluding hydrogens is 1500 g/mol. The highest BCUT2D eigenvalue weighted by atomic mass is 19.1. The van der Waals surface area contributed by atoms with Crippen molar-refractivity contribution < 1.29 is 17.6 Å². The zero-order chi connectivity index (χ0) is 81.1. The van der Waals surface area contributed by atoms with E-state index in [1.165, 1.54) is 24.3 Å². The first-order valence-corrected chi connectivity index (χ1v) is 41.4. The number of benzene rings is 20. The summed E-state index contributed by atoms with van der Waals surface area (Å²) in [6.45, 7) is 0. The second kappa shape index (κ2) is 27.5. The van der Waals surface area contributed by atoms with E-state index < -0.39 is 16.6 Å². The second-order valence-corrected chi connectivity index (χ2v) is 32.1. The molecule has 0 unspecified atom stereocenters. The summed E-state index contributed by atoms with van der Waals surface area (Å²) < 4.78 is 67.2. The smallest absolute Gasteiger partial charge is 0.147 e. The van der Waals surface area contributed by atoms with Crippen molar-refractivity contribution in [2.75, 3.05) is 19.6 Å². The highest BCUT2D eigenvalue weighted by Crippen LogP contribution is 2.70. The van der Waals surface area contributed by atoms with Gasteiger partial charge in [0.25, 0.3) is 0 Å². The number of halogens is 4. The fraction of sp³-hybridized carbons (Fsp3) is 0.0175. The summed E-state index contributed by atoms with van der Waals surface area (Å²) >= 11 is 0. The zero-order valence-electron chi connectivity index (χ0n) is 65.7. The van der Waals surface area contributed by atoms with Gasteiger partial charge in [-0.1, -0.05) is 291 Å². The number of para-hydroxylation sites is 4. The molecule has 0 aliphatic heterocycles. The molecule has 574 valence electrons. The topological polar surface area (TPSA) is 13.0 Å². The van der Waals surface area contributed by atoms with Crippen LogP contribution in [0.15, 0.2) is 425 Å². The molecule has 20 aromatic carbocycles. The fourth-order valence-corrected chi connectivity index (χ4v) is 21.3. The Labute approximate surface area is 702 Å². The number of hydrogen-bond donors (Lipinski definition) is 0. The van der Waals surface area contributed by atoms with Crippen LogP contribution in [0.4, 0.5) is 85.8 Å². The van der Waals surface area contributed by atoms with Crippen LogP contribution in [0, 0.1) is 23.3 Å². The maximum atomic E-state index is 17.8. The minimum absolute atomic E-state index is 0.336. The van der Waals surface area contributed by atoms with Gasteiger partial charge in [-0.3, -0.25) is 0 Å². The molecule has 0 atom stereocenters. The van der Waals surface area contributed by atoms with E-state index in [2.05, 4.69) is 299 Å². The lowest BCUT2D eigenvalue weighted by molar-refractivity contribution is 0.627. The van der Waals surface area contributed by atoms with Gasteiger partial charge in [-0.2, -0.15) is 0 Å². The quantitative estimate of drug-likeness (QED) is 0.107. The van der Waals surface area contributed by atoms with Crippen molar-refractivity contribution in [2.24, 2.45) is 0 Å². The van der Waals surface area contributed by atoms with Gasteiger partial charge in [-0.05, 0) is 255 Å². The van der Waals surface area contributed by atoms with Crippen LogP contribution in [0.25, 0.3) is 98.7 Å². The lowest BCUT2D eigenvalue weighted by atomic mass is 9.70. The van der Waals surface area contributed by atoms with Crippen molar-refractivity contribution in [1.29, 1.82) is 0 Å². The monoisotopic (exact) mass is 1570 g/mol. The standard InChI is InChI=1S/C114H70F4N4/c115-73-31-28-38-79(65-73)119(75-33-3-1-4-34-75)105-67-97-109(89-48-11-7-44-85(89)105)110-90-49-12-8-45-86(90)106(68-98(110)113(97)93-52-19-15-40-81(93)82-41-16-20-53-94(82)113)120(80-39-29-32-74(116)66-80)77-62-60-71(61-63-77)72-30-27-37-78(64-72)122(104-59-26-24-57-102(104)118)108-70-100-112(92-51-14-10-47-88(92)108)111-91-50-13-9-46-87(91)107(121(76-35-5-2-6-36-76)103-58-25-23-56-101(103)117)69-99(111)114(100)95-54-21-17-42-83(95)84-43-18-22-55-96(84)114/h1-70H. The van der Waals surface area contributed by atoms with Crippen molar-refractivity contribution in [3.8, 4) is 55.6 Å². The normalized spacial score (nSPS) is 13.0. The Balaban J connectivity index is 0.696. The number of anilines is 12. The lowest BCUT2D eigenvalue weighted by Crippen LogP contribution is -2.27. The van der Waals surface area contributed by atoms with Crippen molar-refractivity contribution in [2.45, 2.75) is 10.8 Å². The third kappa shape index (κ3) is 10.2. The average molecular weight is 1570 g/mol. The van der Waals surface area contributed by atoms with E-state index in [1.54, 1.807) is 36.4 Å². The first-order valence-electron chi connectivity index (χ1n) is 41.4. The molecule has 20 aromatic rings. The van der Waals surface area contributed by atoms with E-state index in [0.717, 1.165) is 189 Å². The molecule has 0 bridgehead atoms. The second-order valence-electron chi connectivity index (χ2n) is 32.1. The van der Waals surface area contributed by atoms with E-state index in [9.17, 15) is 0 Å². The maximum absolute atomic E-state index is 17.8. The summed E-state index contributed by atoms with van der Waals surface area (Å²) in [6, 6.07) is 144. The Kier molecular flexibility index (Phi) is 15.9. The van der Waals surface area contributed by atoms with Crippen LogP contribution in [0.5, 0.6) is 0 Å². The van der Waals surface area contributed by atoms with Gasteiger partial charge in [0.1, 0.15) is 23.3 Å². The molecule has 0 fully saturated rings. The van der Waals surface area contributed by atoms with Crippen LogP contribution in [0.1, 0.15) is 44.5 Å². The molecular formula is C114H70F4N4. The molecule has 0 radical (unpaired) electrons. The fourth-order valence-electron chi connectivity index (χ4n) is 21.3. The summed E-state index contributed by atoms with van der Waals surface area (Å²) in [7, 11) is 0. The van der Waals surface area contributed by atoms with Crippen molar-refractivity contribution in [3.05, 3.63) is 492 Å². The molecule has 2 spiro atoms. The summed E-state index contributed by atoms with van der Waals surface area (Å²) in [5, 5.41) is 7.91. The van der Waals surface area contributed by atoms with Crippen molar-refractivity contribution in [1.82, 2.24) is 0 Å². The maximum Gasteiger partial charge on any atom is 0.147 e. The van der Waals surface area contributed by atoms with Gasteiger partial charge < -0.3 is 19.6 Å². The highest BCUT2D eigenvalue weighted by Gasteiger charge is 2.56. The molecule has 4 nitrogen and oxygen atoms in total. The van der Waals surface area contributed by atoms with E-state index in [1.807, 2.05) is 84.9 Å².